The zero-order valence-corrected chi connectivity index (χ0v) is 24.3. The fourth-order valence-corrected chi connectivity index (χ4v) is 7.71. The van der Waals surface area contributed by atoms with Crippen LogP contribution in [0.2, 0.25) is 0 Å². The van der Waals surface area contributed by atoms with Crippen LogP contribution < -0.4 is 25.9 Å². The number of fused-ring (bicyclic) bond motifs is 7. The lowest BCUT2D eigenvalue weighted by molar-refractivity contribution is 0.464. The van der Waals surface area contributed by atoms with E-state index in [9.17, 15) is 0 Å². The highest BCUT2D eigenvalue weighted by molar-refractivity contribution is 6.98. The standard InChI is InChI=1S/C42H25BO2/c1-2-13-28-26(11-1)12-9-18-29(28)41-32-16-5-3-14-30(32)40(31-15-4-6-17-33(31)41)27-23-24-37-35(25-27)43-34-19-7-8-20-36(34)44-38-21-10-22-39(45-37)42(38)43/h1-25H. The van der Waals surface area contributed by atoms with Crippen LogP contribution in [0.3, 0.4) is 0 Å². The van der Waals surface area contributed by atoms with Crippen LogP contribution in [0, 0.1) is 0 Å². The minimum atomic E-state index is 0.0253. The van der Waals surface area contributed by atoms with Gasteiger partial charge in [-0.25, -0.2) is 0 Å². The van der Waals surface area contributed by atoms with Gasteiger partial charge >= 0.3 is 0 Å². The fraction of sp³-hybridized carbons (Fsp3) is 0. The van der Waals surface area contributed by atoms with Crippen molar-refractivity contribution in [3.8, 4) is 45.3 Å². The van der Waals surface area contributed by atoms with Crippen molar-refractivity contribution >= 4 is 55.4 Å². The second kappa shape index (κ2) is 9.35. The predicted molar refractivity (Wildman–Crippen MR) is 188 cm³/mol. The summed E-state index contributed by atoms with van der Waals surface area (Å²) in [5.41, 5.74) is 8.39. The fourth-order valence-electron chi connectivity index (χ4n) is 7.71. The van der Waals surface area contributed by atoms with Crippen molar-refractivity contribution in [1.82, 2.24) is 0 Å². The van der Waals surface area contributed by atoms with Crippen LogP contribution in [0.4, 0.5) is 0 Å². The van der Waals surface area contributed by atoms with Crippen LogP contribution in [0.15, 0.2) is 152 Å². The predicted octanol–water partition coefficient (Wildman–Crippen LogP) is 9.21. The summed E-state index contributed by atoms with van der Waals surface area (Å²) in [5, 5.41) is 7.50. The molecule has 8 aromatic carbocycles. The van der Waals surface area contributed by atoms with Crippen LogP contribution in [0.25, 0.3) is 54.6 Å². The summed E-state index contributed by atoms with van der Waals surface area (Å²) in [5.74, 6) is 3.53. The zero-order valence-electron chi connectivity index (χ0n) is 24.3. The molecule has 0 unspecified atom stereocenters. The van der Waals surface area contributed by atoms with Gasteiger partial charge in [-0.3, -0.25) is 0 Å². The largest absolute Gasteiger partial charge is 0.458 e. The van der Waals surface area contributed by atoms with E-state index in [1.54, 1.807) is 0 Å². The Bertz CT molecular complexity index is 2440. The Morgan fingerprint density at radius 1 is 0.378 bits per heavy atom. The number of benzene rings is 8. The summed E-state index contributed by atoms with van der Waals surface area (Å²) < 4.78 is 12.9. The molecule has 2 aliphatic heterocycles. The average Bonchev–Trinajstić information content (AvgIpc) is 3.10. The van der Waals surface area contributed by atoms with E-state index in [0.717, 1.165) is 33.9 Å². The molecule has 0 fully saturated rings. The molecule has 0 N–H and O–H groups in total. The molecule has 8 aromatic rings. The first-order valence-electron chi connectivity index (χ1n) is 15.5. The minimum Gasteiger partial charge on any atom is -0.458 e. The quantitative estimate of drug-likeness (QED) is 0.152. The Kier molecular flexibility index (Phi) is 5.12. The van der Waals surface area contributed by atoms with Gasteiger partial charge in [0.25, 0.3) is 6.71 Å². The highest BCUT2D eigenvalue weighted by Crippen LogP contribution is 2.45. The van der Waals surface area contributed by atoms with Crippen molar-refractivity contribution in [2.45, 2.75) is 0 Å². The van der Waals surface area contributed by atoms with E-state index in [-0.39, 0.29) is 6.71 Å². The van der Waals surface area contributed by atoms with Gasteiger partial charge in [-0.05, 0) is 89.8 Å². The van der Waals surface area contributed by atoms with E-state index in [0.29, 0.717) is 0 Å². The molecule has 0 saturated heterocycles. The smallest absolute Gasteiger partial charge is 0.260 e. The third kappa shape index (κ3) is 3.52. The molecule has 208 valence electrons. The summed E-state index contributed by atoms with van der Waals surface area (Å²) in [6.07, 6.45) is 0. The van der Waals surface area contributed by atoms with Crippen LogP contribution in [0.1, 0.15) is 0 Å². The molecule has 2 nitrogen and oxygen atoms in total. The number of hydrogen-bond acceptors (Lipinski definition) is 2. The van der Waals surface area contributed by atoms with Gasteiger partial charge in [-0.2, -0.15) is 0 Å². The maximum Gasteiger partial charge on any atom is 0.260 e. The summed E-state index contributed by atoms with van der Waals surface area (Å²) in [6.45, 7) is 0.0253. The second-order valence-corrected chi connectivity index (χ2v) is 12.0. The van der Waals surface area contributed by atoms with Crippen LogP contribution in [-0.2, 0) is 0 Å². The van der Waals surface area contributed by atoms with E-state index in [1.807, 2.05) is 24.3 Å². The van der Waals surface area contributed by atoms with E-state index in [4.69, 9.17) is 9.47 Å². The number of ether oxygens (including phenoxy) is 2. The van der Waals surface area contributed by atoms with Crippen LogP contribution in [-0.4, -0.2) is 6.71 Å². The maximum absolute atomic E-state index is 6.54. The van der Waals surface area contributed by atoms with E-state index in [1.165, 1.54) is 60.0 Å². The van der Waals surface area contributed by atoms with E-state index in [2.05, 4.69) is 127 Å². The lowest BCUT2D eigenvalue weighted by atomic mass is 9.35. The molecule has 45 heavy (non-hydrogen) atoms. The molecule has 2 heterocycles. The second-order valence-electron chi connectivity index (χ2n) is 12.0. The summed E-state index contributed by atoms with van der Waals surface area (Å²) in [6, 6.07) is 54.3. The Morgan fingerprint density at radius 2 is 0.911 bits per heavy atom. The van der Waals surface area contributed by atoms with Gasteiger partial charge in [0.05, 0.1) is 0 Å². The van der Waals surface area contributed by atoms with Crippen molar-refractivity contribution in [2.75, 3.05) is 0 Å². The van der Waals surface area contributed by atoms with Crippen LogP contribution in [0.5, 0.6) is 23.0 Å². The molecule has 0 atom stereocenters. The van der Waals surface area contributed by atoms with Crippen molar-refractivity contribution in [2.24, 2.45) is 0 Å². The van der Waals surface area contributed by atoms with Crippen molar-refractivity contribution in [3.05, 3.63) is 152 Å². The SMILES string of the molecule is c1ccc2c(c1)Oc1cccc3c1B2c1cc(-c2c4ccccc4c(-c4cccc5ccccc45)c4ccccc24)ccc1O3. The number of rotatable bonds is 2. The van der Waals surface area contributed by atoms with Gasteiger partial charge in [0, 0.05) is 5.46 Å². The molecule has 0 radical (unpaired) electrons. The van der Waals surface area contributed by atoms with Gasteiger partial charge in [-0.15, -0.1) is 0 Å². The van der Waals surface area contributed by atoms with Crippen molar-refractivity contribution in [3.63, 3.8) is 0 Å². The maximum atomic E-state index is 6.54. The first kappa shape index (κ1) is 24.6. The van der Waals surface area contributed by atoms with E-state index >= 15 is 0 Å². The Morgan fingerprint density at radius 3 is 1.64 bits per heavy atom. The third-order valence-corrected chi connectivity index (χ3v) is 9.58. The molecule has 0 aliphatic carbocycles. The Hall–Kier alpha value is -5.80. The Labute approximate surface area is 261 Å². The number of para-hydroxylation sites is 1. The molecule has 0 bridgehead atoms. The van der Waals surface area contributed by atoms with Crippen molar-refractivity contribution < 1.29 is 9.47 Å². The minimum absolute atomic E-state index is 0.0253. The normalized spacial score (nSPS) is 12.8. The van der Waals surface area contributed by atoms with Gasteiger partial charge in [0.2, 0.25) is 0 Å². The molecular weight excluding hydrogens is 547 g/mol. The average molecular weight is 572 g/mol. The number of hydrogen-bond donors (Lipinski definition) is 0. The summed E-state index contributed by atoms with van der Waals surface area (Å²) >= 11 is 0. The first-order chi connectivity index (χ1) is 22.3. The molecule has 0 saturated carbocycles. The van der Waals surface area contributed by atoms with Gasteiger partial charge in [0.15, 0.2) is 0 Å². The molecule has 0 aromatic heterocycles. The third-order valence-electron chi connectivity index (χ3n) is 9.58. The first-order valence-corrected chi connectivity index (χ1v) is 15.5. The molecule has 2 aliphatic rings. The van der Waals surface area contributed by atoms with Crippen molar-refractivity contribution in [1.29, 1.82) is 0 Å². The van der Waals surface area contributed by atoms with Gasteiger partial charge in [0.1, 0.15) is 23.0 Å². The van der Waals surface area contributed by atoms with Crippen LogP contribution >= 0.6 is 0 Å². The molecule has 3 heteroatoms. The zero-order chi connectivity index (χ0) is 29.5. The Balaban J connectivity index is 1.27. The molecule has 10 rings (SSSR count). The topological polar surface area (TPSA) is 18.5 Å². The highest BCUT2D eigenvalue weighted by atomic mass is 16.5. The monoisotopic (exact) mass is 572 g/mol. The highest BCUT2D eigenvalue weighted by Gasteiger charge is 2.40. The summed E-state index contributed by atoms with van der Waals surface area (Å²) in [7, 11) is 0. The van der Waals surface area contributed by atoms with Gasteiger partial charge in [-0.1, -0.05) is 127 Å². The molecule has 0 spiro atoms. The molecular formula is C42H25BO2. The van der Waals surface area contributed by atoms with E-state index < -0.39 is 0 Å². The lowest BCUT2D eigenvalue weighted by Crippen LogP contribution is -2.57. The summed E-state index contributed by atoms with van der Waals surface area (Å²) in [4.78, 5) is 0. The molecule has 0 amide bonds. The lowest BCUT2D eigenvalue weighted by Gasteiger charge is -2.33. The van der Waals surface area contributed by atoms with Gasteiger partial charge < -0.3 is 9.47 Å².